The zero-order valence-electron chi connectivity index (χ0n) is 8.29. The molecule has 0 spiro atoms. The SMILES string of the molecule is CCCC/C=C\C1CCCC(=O)O1. The lowest BCUT2D eigenvalue weighted by Crippen LogP contribution is -2.21. The molecule has 0 aromatic rings. The Balaban J connectivity index is 2.19. The molecule has 1 heterocycles. The Labute approximate surface area is 80.0 Å². The summed E-state index contributed by atoms with van der Waals surface area (Å²) >= 11 is 0. The number of carbonyl (C=O) groups excluding carboxylic acids is 1. The number of cyclic esters (lactones) is 1. The molecule has 1 unspecified atom stereocenters. The predicted molar refractivity (Wildman–Crippen MR) is 52.4 cm³/mol. The van der Waals surface area contributed by atoms with Crippen LogP contribution in [0.2, 0.25) is 0 Å². The molecule has 0 N–H and O–H groups in total. The Hall–Kier alpha value is -0.790. The van der Waals surface area contributed by atoms with Crippen LogP contribution in [0.25, 0.3) is 0 Å². The quantitative estimate of drug-likeness (QED) is 0.379. The van der Waals surface area contributed by atoms with Crippen LogP contribution in [0.15, 0.2) is 12.2 Å². The first-order chi connectivity index (χ1) is 6.33. The Morgan fingerprint density at radius 3 is 3.15 bits per heavy atom. The maximum Gasteiger partial charge on any atom is 0.306 e. The largest absolute Gasteiger partial charge is 0.458 e. The number of esters is 1. The van der Waals surface area contributed by atoms with Crippen molar-refractivity contribution in [2.75, 3.05) is 0 Å². The van der Waals surface area contributed by atoms with E-state index >= 15 is 0 Å². The van der Waals surface area contributed by atoms with E-state index in [9.17, 15) is 4.79 Å². The van der Waals surface area contributed by atoms with Gasteiger partial charge in [0, 0.05) is 6.42 Å². The normalized spacial score (nSPS) is 23.5. The van der Waals surface area contributed by atoms with Crippen LogP contribution in [0.5, 0.6) is 0 Å². The van der Waals surface area contributed by atoms with E-state index in [1.807, 2.05) is 6.08 Å². The van der Waals surface area contributed by atoms with Crippen LogP contribution in [0.4, 0.5) is 0 Å². The number of ether oxygens (including phenoxy) is 1. The van der Waals surface area contributed by atoms with Crippen LogP contribution in [-0.2, 0) is 9.53 Å². The molecular formula is C11H18O2. The number of unbranched alkanes of at least 4 members (excludes halogenated alkanes) is 2. The van der Waals surface area contributed by atoms with Gasteiger partial charge < -0.3 is 4.74 Å². The van der Waals surface area contributed by atoms with Crippen LogP contribution >= 0.6 is 0 Å². The Morgan fingerprint density at radius 1 is 1.62 bits per heavy atom. The minimum absolute atomic E-state index is 0.0450. The summed E-state index contributed by atoms with van der Waals surface area (Å²) in [5.74, 6) is -0.0450. The van der Waals surface area contributed by atoms with E-state index in [1.165, 1.54) is 12.8 Å². The van der Waals surface area contributed by atoms with Crippen molar-refractivity contribution < 1.29 is 9.53 Å². The molecular weight excluding hydrogens is 164 g/mol. The highest BCUT2D eigenvalue weighted by Gasteiger charge is 2.16. The summed E-state index contributed by atoms with van der Waals surface area (Å²) in [6.07, 6.45) is 10.3. The van der Waals surface area contributed by atoms with Crippen LogP contribution in [0.1, 0.15) is 45.4 Å². The minimum atomic E-state index is -0.0450. The second-order valence-electron chi connectivity index (χ2n) is 3.49. The molecule has 13 heavy (non-hydrogen) atoms. The lowest BCUT2D eigenvalue weighted by atomic mass is 10.1. The van der Waals surface area contributed by atoms with Gasteiger partial charge in [-0.3, -0.25) is 4.79 Å². The summed E-state index contributed by atoms with van der Waals surface area (Å²) in [6.45, 7) is 2.18. The topological polar surface area (TPSA) is 26.3 Å². The van der Waals surface area contributed by atoms with Gasteiger partial charge in [0.15, 0.2) is 0 Å². The molecule has 2 heteroatoms. The fourth-order valence-corrected chi connectivity index (χ4v) is 1.44. The van der Waals surface area contributed by atoms with Crippen LogP contribution in [0.3, 0.4) is 0 Å². The van der Waals surface area contributed by atoms with Gasteiger partial charge in [0.05, 0.1) is 0 Å². The maximum absolute atomic E-state index is 10.9. The Bertz CT molecular complexity index is 185. The number of allylic oxidation sites excluding steroid dienone is 1. The number of carbonyl (C=O) groups is 1. The highest BCUT2D eigenvalue weighted by molar-refractivity contribution is 5.70. The molecule has 0 aromatic carbocycles. The first-order valence-corrected chi connectivity index (χ1v) is 5.19. The molecule has 0 bridgehead atoms. The smallest absolute Gasteiger partial charge is 0.306 e. The molecule has 1 aliphatic rings. The van der Waals surface area contributed by atoms with Crippen molar-refractivity contribution in [2.24, 2.45) is 0 Å². The summed E-state index contributed by atoms with van der Waals surface area (Å²) in [5, 5.41) is 0. The first kappa shape index (κ1) is 10.3. The molecule has 0 saturated carbocycles. The van der Waals surface area contributed by atoms with Crippen molar-refractivity contribution in [1.82, 2.24) is 0 Å². The van der Waals surface area contributed by atoms with E-state index in [0.717, 1.165) is 19.3 Å². The average molecular weight is 182 g/mol. The van der Waals surface area contributed by atoms with E-state index in [0.29, 0.717) is 6.42 Å². The molecule has 74 valence electrons. The molecule has 0 aliphatic carbocycles. The molecule has 1 aliphatic heterocycles. The van der Waals surface area contributed by atoms with Gasteiger partial charge in [0.2, 0.25) is 0 Å². The van der Waals surface area contributed by atoms with Gasteiger partial charge in [-0.1, -0.05) is 25.8 Å². The van der Waals surface area contributed by atoms with Gasteiger partial charge in [-0.15, -0.1) is 0 Å². The van der Waals surface area contributed by atoms with Gasteiger partial charge in [-0.2, -0.15) is 0 Å². The summed E-state index contributed by atoms with van der Waals surface area (Å²) in [4.78, 5) is 10.9. The summed E-state index contributed by atoms with van der Waals surface area (Å²) in [5.41, 5.74) is 0. The average Bonchev–Trinajstić information content (AvgIpc) is 2.13. The molecule has 0 radical (unpaired) electrons. The van der Waals surface area contributed by atoms with Crippen molar-refractivity contribution in [3.8, 4) is 0 Å². The second kappa shape index (κ2) is 5.79. The lowest BCUT2D eigenvalue weighted by molar-refractivity contribution is -0.150. The number of hydrogen-bond acceptors (Lipinski definition) is 2. The molecule has 1 atom stereocenters. The van der Waals surface area contributed by atoms with Gasteiger partial charge in [-0.25, -0.2) is 0 Å². The zero-order chi connectivity index (χ0) is 9.52. The van der Waals surface area contributed by atoms with Crippen molar-refractivity contribution in [3.05, 3.63) is 12.2 Å². The maximum atomic E-state index is 10.9. The number of rotatable bonds is 4. The fraction of sp³-hybridized carbons (Fsp3) is 0.727. The van der Waals surface area contributed by atoms with Crippen molar-refractivity contribution >= 4 is 5.97 Å². The van der Waals surface area contributed by atoms with Crippen LogP contribution in [-0.4, -0.2) is 12.1 Å². The third kappa shape index (κ3) is 4.11. The van der Waals surface area contributed by atoms with Crippen LogP contribution < -0.4 is 0 Å². The van der Waals surface area contributed by atoms with E-state index in [-0.39, 0.29) is 12.1 Å². The van der Waals surface area contributed by atoms with E-state index < -0.39 is 0 Å². The standard InChI is InChI=1S/C11H18O2/c1-2-3-4-5-7-10-8-6-9-11(12)13-10/h5,7,10H,2-4,6,8-9H2,1H3/b7-5-. The molecule has 2 nitrogen and oxygen atoms in total. The van der Waals surface area contributed by atoms with Crippen LogP contribution in [0, 0.1) is 0 Å². The summed E-state index contributed by atoms with van der Waals surface area (Å²) < 4.78 is 5.14. The third-order valence-electron chi connectivity index (χ3n) is 2.23. The zero-order valence-corrected chi connectivity index (χ0v) is 8.29. The van der Waals surface area contributed by atoms with E-state index in [1.54, 1.807) is 0 Å². The van der Waals surface area contributed by atoms with Crippen molar-refractivity contribution in [1.29, 1.82) is 0 Å². The minimum Gasteiger partial charge on any atom is -0.458 e. The van der Waals surface area contributed by atoms with Gasteiger partial charge in [0.25, 0.3) is 0 Å². The Kier molecular flexibility index (Phi) is 4.58. The number of hydrogen-bond donors (Lipinski definition) is 0. The summed E-state index contributed by atoms with van der Waals surface area (Å²) in [6, 6.07) is 0. The molecule has 0 amide bonds. The fourth-order valence-electron chi connectivity index (χ4n) is 1.44. The van der Waals surface area contributed by atoms with Crippen molar-refractivity contribution in [3.63, 3.8) is 0 Å². The molecule has 1 fully saturated rings. The molecule has 1 saturated heterocycles. The Morgan fingerprint density at radius 2 is 2.46 bits per heavy atom. The molecule has 1 rings (SSSR count). The predicted octanol–water partition coefficient (Wildman–Crippen LogP) is 2.83. The van der Waals surface area contributed by atoms with Gasteiger partial charge in [-0.05, 0) is 25.3 Å². The van der Waals surface area contributed by atoms with E-state index in [4.69, 9.17) is 4.74 Å². The monoisotopic (exact) mass is 182 g/mol. The lowest BCUT2D eigenvalue weighted by Gasteiger charge is -2.18. The summed E-state index contributed by atoms with van der Waals surface area (Å²) in [7, 11) is 0. The second-order valence-corrected chi connectivity index (χ2v) is 3.49. The highest BCUT2D eigenvalue weighted by atomic mass is 16.5. The van der Waals surface area contributed by atoms with Gasteiger partial charge >= 0.3 is 5.97 Å². The van der Waals surface area contributed by atoms with Crippen molar-refractivity contribution in [2.45, 2.75) is 51.6 Å². The molecule has 0 aromatic heterocycles. The third-order valence-corrected chi connectivity index (χ3v) is 2.23. The van der Waals surface area contributed by atoms with E-state index in [2.05, 4.69) is 13.0 Å². The van der Waals surface area contributed by atoms with Gasteiger partial charge in [0.1, 0.15) is 6.10 Å². The highest BCUT2D eigenvalue weighted by Crippen LogP contribution is 2.15. The first-order valence-electron chi connectivity index (χ1n) is 5.19.